The Morgan fingerprint density at radius 3 is 2.69 bits per heavy atom. The molecule has 16 heavy (non-hydrogen) atoms. The lowest BCUT2D eigenvalue weighted by atomic mass is 9.83. The second kappa shape index (κ2) is 4.00. The molecule has 1 aromatic carbocycles. The number of carbonyl (C=O) groups is 1. The summed E-state index contributed by atoms with van der Waals surface area (Å²) in [6.07, 6.45) is 0. The van der Waals surface area contributed by atoms with Crippen molar-refractivity contribution in [2.75, 3.05) is 7.11 Å². The molecule has 0 radical (unpaired) electrons. The highest BCUT2D eigenvalue weighted by atomic mass is 16.5. The highest BCUT2D eigenvalue weighted by Gasteiger charge is 2.26. The lowest BCUT2D eigenvalue weighted by Crippen LogP contribution is -2.35. The number of para-hydroxylation sites is 1. The molecule has 0 amide bonds. The van der Waals surface area contributed by atoms with Crippen LogP contribution in [0.2, 0.25) is 0 Å². The Kier molecular flexibility index (Phi) is 2.68. The second-order valence-corrected chi connectivity index (χ2v) is 3.32. The number of methoxy groups -OCH3 is 1. The molecule has 2 rings (SSSR count). The van der Waals surface area contributed by atoms with Gasteiger partial charge < -0.3 is 19.8 Å². The van der Waals surface area contributed by atoms with Crippen LogP contribution in [0.25, 0.3) is 10.9 Å². The number of rotatable bonds is 2. The Morgan fingerprint density at radius 2 is 2.06 bits per heavy atom. The van der Waals surface area contributed by atoms with Crippen molar-refractivity contribution < 1.29 is 19.6 Å². The first-order valence-electron chi connectivity index (χ1n) is 4.70. The van der Waals surface area contributed by atoms with Gasteiger partial charge in [0.15, 0.2) is 0 Å². The van der Waals surface area contributed by atoms with Gasteiger partial charge in [-0.05, 0) is 6.07 Å². The van der Waals surface area contributed by atoms with E-state index in [9.17, 15) is 4.79 Å². The number of H-pyrrole nitrogens is 1. The number of esters is 1. The van der Waals surface area contributed by atoms with Crippen molar-refractivity contribution >= 4 is 29.6 Å². The van der Waals surface area contributed by atoms with Gasteiger partial charge in [0.25, 0.3) is 0 Å². The molecule has 1 aromatic heterocycles. The van der Waals surface area contributed by atoms with Crippen molar-refractivity contribution in [1.82, 2.24) is 4.98 Å². The van der Waals surface area contributed by atoms with E-state index >= 15 is 0 Å². The van der Waals surface area contributed by atoms with Gasteiger partial charge in [0.05, 0.1) is 18.3 Å². The molecule has 0 saturated heterocycles. The fraction of sp³-hybridized carbons (Fsp3) is 0.100. The molecule has 2 aromatic rings. The summed E-state index contributed by atoms with van der Waals surface area (Å²) in [6.45, 7) is 0. The highest BCUT2D eigenvalue weighted by Crippen LogP contribution is 2.17. The Hall–Kier alpha value is -1.79. The van der Waals surface area contributed by atoms with E-state index < -0.39 is 13.1 Å². The van der Waals surface area contributed by atoms with Gasteiger partial charge in [-0.2, -0.15) is 0 Å². The number of benzene rings is 1. The van der Waals surface area contributed by atoms with Gasteiger partial charge in [0.2, 0.25) is 0 Å². The largest absolute Gasteiger partial charge is 0.506 e. The minimum absolute atomic E-state index is 0.0491. The standard InChI is InChI=1S/C10H10BNO4/c1-16-10(13)8-6-4-2-3-5-7(6)12-9(8)11(14)15/h2-5,12,14-15H,1H3. The highest BCUT2D eigenvalue weighted by molar-refractivity contribution is 6.60. The maximum atomic E-state index is 11.5. The van der Waals surface area contributed by atoms with Crippen LogP contribution in [0.4, 0.5) is 0 Å². The molecule has 0 aliphatic carbocycles. The van der Waals surface area contributed by atoms with E-state index in [-0.39, 0.29) is 11.2 Å². The fourth-order valence-electron chi connectivity index (χ4n) is 1.68. The maximum absolute atomic E-state index is 11.5. The average Bonchev–Trinajstić information content (AvgIpc) is 2.67. The summed E-state index contributed by atoms with van der Waals surface area (Å²) in [7, 11) is -0.487. The zero-order valence-electron chi connectivity index (χ0n) is 8.60. The molecule has 0 spiro atoms. The smallest absolute Gasteiger partial charge is 0.465 e. The molecule has 0 saturated carbocycles. The fourth-order valence-corrected chi connectivity index (χ4v) is 1.68. The monoisotopic (exact) mass is 219 g/mol. The lowest BCUT2D eigenvalue weighted by Gasteiger charge is -2.01. The van der Waals surface area contributed by atoms with Crippen molar-refractivity contribution in [3.05, 3.63) is 29.8 Å². The normalized spacial score (nSPS) is 10.4. The number of hydrogen-bond acceptors (Lipinski definition) is 4. The third-order valence-corrected chi connectivity index (χ3v) is 2.38. The van der Waals surface area contributed by atoms with Crippen molar-refractivity contribution in [3.63, 3.8) is 0 Å². The van der Waals surface area contributed by atoms with Crippen LogP contribution in [-0.4, -0.2) is 35.2 Å². The molecule has 82 valence electrons. The SMILES string of the molecule is COC(=O)c1c(B(O)O)[nH]c2ccccc12. The van der Waals surface area contributed by atoms with E-state index in [4.69, 9.17) is 10.0 Å². The minimum atomic E-state index is -1.73. The van der Waals surface area contributed by atoms with Crippen LogP contribution in [0.15, 0.2) is 24.3 Å². The lowest BCUT2D eigenvalue weighted by molar-refractivity contribution is 0.0604. The Labute approximate surface area is 91.8 Å². The molecule has 0 bridgehead atoms. The molecule has 1 heterocycles. The molecule has 3 N–H and O–H groups in total. The van der Waals surface area contributed by atoms with Crippen molar-refractivity contribution in [3.8, 4) is 0 Å². The first-order chi connectivity index (χ1) is 7.65. The van der Waals surface area contributed by atoms with E-state index in [0.717, 1.165) is 0 Å². The topological polar surface area (TPSA) is 82.6 Å². The number of aromatic amines is 1. The Balaban J connectivity index is 2.74. The van der Waals surface area contributed by atoms with Gasteiger partial charge in [-0.25, -0.2) is 4.79 Å². The molecule has 0 unspecified atom stereocenters. The number of aromatic nitrogens is 1. The van der Waals surface area contributed by atoms with Gasteiger partial charge >= 0.3 is 13.1 Å². The maximum Gasteiger partial charge on any atom is 0.506 e. The first-order valence-corrected chi connectivity index (χ1v) is 4.70. The summed E-state index contributed by atoms with van der Waals surface area (Å²) in [5.74, 6) is -0.597. The molecule has 5 nitrogen and oxygen atoms in total. The van der Waals surface area contributed by atoms with E-state index in [1.807, 2.05) is 0 Å². The summed E-state index contributed by atoms with van der Waals surface area (Å²) in [4.78, 5) is 14.3. The predicted molar refractivity (Wildman–Crippen MR) is 59.5 cm³/mol. The average molecular weight is 219 g/mol. The van der Waals surface area contributed by atoms with E-state index in [1.165, 1.54) is 7.11 Å². The van der Waals surface area contributed by atoms with Crippen LogP contribution < -0.4 is 5.59 Å². The molecule has 6 heteroatoms. The zero-order valence-corrected chi connectivity index (χ0v) is 8.60. The third kappa shape index (κ3) is 1.58. The Morgan fingerprint density at radius 1 is 1.38 bits per heavy atom. The van der Waals surface area contributed by atoms with Crippen LogP contribution >= 0.6 is 0 Å². The summed E-state index contributed by atoms with van der Waals surface area (Å²) < 4.78 is 4.61. The minimum Gasteiger partial charge on any atom is -0.465 e. The third-order valence-electron chi connectivity index (χ3n) is 2.38. The van der Waals surface area contributed by atoms with E-state index in [1.54, 1.807) is 24.3 Å². The van der Waals surface area contributed by atoms with Gasteiger partial charge in [-0.3, -0.25) is 0 Å². The van der Waals surface area contributed by atoms with Crippen LogP contribution in [0.5, 0.6) is 0 Å². The van der Waals surface area contributed by atoms with E-state index in [0.29, 0.717) is 10.9 Å². The number of nitrogens with one attached hydrogen (secondary N) is 1. The molecular formula is C10H10BNO4. The molecule has 0 aliphatic heterocycles. The molecular weight excluding hydrogens is 209 g/mol. The summed E-state index contributed by atoms with van der Waals surface area (Å²) in [5.41, 5.74) is 0.868. The predicted octanol–water partition coefficient (Wildman–Crippen LogP) is -0.366. The van der Waals surface area contributed by atoms with Crippen LogP contribution in [0.3, 0.4) is 0 Å². The quantitative estimate of drug-likeness (QED) is 0.475. The van der Waals surface area contributed by atoms with Gasteiger partial charge in [0.1, 0.15) is 0 Å². The first kappa shape index (κ1) is 10.7. The second-order valence-electron chi connectivity index (χ2n) is 3.32. The molecule has 0 aliphatic rings. The molecule has 0 atom stereocenters. The van der Waals surface area contributed by atoms with Crippen LogP contribution in [-0.2, 0) is 4.74 Å². The summed E-state index contributed by atoms with van der Waals surface area (Å²) in [6, 6.07) is 7.00. The summed E-state index contributed by atoms with van der Waals surface area (Å²) in [5, 5.41) is 18.9. The Bertz CT molecular complexity index is 535. The van der Waals surface area contributed by atoms with Crippen molar-refractivity contribution in [1.29, 1.82) is 0 Å². The zero-order chi connectivity index (χ0) is 11.7. The van der Waals surface area contributed by atoms with E-state index in [2.05, 4.69) is 9.72 Å². The number of hydrogen-bond donors (Lipinski definition) is 3. The van der Waals surface area contributed by atoms with Crippen LogP contribution in [0.1, 0.15) is 10.4 Å². The van der Waals surface area contributed by atoms with Crippen LogP contribution in [0, 0.1) is 0 Å². The van der Waals surface area contributed by atoms with Gasteiger partial charge in [-0.15, -0.1) is 0 Å². The van der Waals surface area contributed by atoms with Crippen molar-refractivity contribution in [2.45, 2.75) is 0 Å². The summed E-state index contributed by atoms with van der Waals surface area (Å²) >= 11 is 0. The molecule has 0 fully saturated rings. The van der Waals surface area contributed by atoms with Crippen molar-refractivity contribution in [2.24, 2.45) is 0 Å². The number of carbonyl (C=O) groups excluding carboxylic acids is 1. The van der Waals surface area contributed by atoms with Gasteiger partial charge in [-0.1, -0.05) is 18.2 Å². The number of ether oxygens (including phenoxy) is 1. The number of fused-ring (bicyclic) bond motifs is 1. The van der Waals surface area contributed by atoms with Gasteiger partial charge in [0, 0.05) is 10.9 Å².